The van der Waals surface area contributed by atoms with Crippen molar-refractivity contribution >= 4 is 27.4 Å². The molecule has 0 saturated carbocycles. The summed E-state index contributed by atoms with van der Waals surface area (Å²) in [4.78, 5) is 0. The lowest BCUT2D eigenvalue weighted by Gasteiger charge is -2.08. The summed E-state index contributed by atoms with van der Waals surface area (Å²) in [6.07, 6.45) is 5.68. The third-order valence-electron chi connectivity index (χ3n) is 4.79. The Morgan fingerprint density at radius 2 is 1.46 bits per heavy atom. The Morgan fingerprint density at radius 1 is 0.821 bits per heavy atom. The Bertz CT molecular complexity index is 1160. The highest BCUT2D eigenvalue weighted by atomic mass is 15.0. The summed E-state index contributed by atoms with van der Waals surface area (Å²) in [5.41, 5.74) is 7.11. The minimum atomic E-state index is 1.08. The SMILES string of the molecule is C=C/C=C(\C=C)c1ccc2c(c1)c1cc(C)ccc1n2-c1ccccc1.CC. The van der Waals surface area contributed by atoms with Gasteiger partial charge in [-0.05, 0) is 54.5 Å². The fraction of sp³-hybridized carbons (Fsp3) is 0.111. The molecule has 1 heteroatoms. The molecule has 1 aromatic heterocycles. The van der Waals surface area contributed by atoms with Crippen molar-refractivity contribution in [2.75, 3.05) is 0 Å². The van der Waals surface area contributed by atoms with Crippen LogP contribution in [0.3, 0.4) is 0 Å². The quantitative estimate of drug-likeness (QED) is 0.324. The highest BCUT2D eigenvalue weighted by molar-refractivity contribution is 6.10. The Hall–Kier alpha value is -3.32. The van der Waals surface area contributed by atoms with E-state index in [4.69, 9.17) is 0 Å². The zero-order chi connectivity index (χ0) is 20.1. The smallest absolute Gasteiger partial charge is 0.0541 e. The van der Waals surface area contributed by atoms with Crippen LogP contribution < -0.4 is 0 Å². The van der Waals surface area contributed by atoms with Crippen LogP contribution in [0.4, 0.5) is 0 Å². The summed E-state index contributed by atoms with van der Waals surface area (Å²) in [6, 6.07) is 23.8. The molecule has 0 aliphatic rings. The van der Waals surface area contributed by atoms with Crippen molar-refractivity contribution in [3.05, 3.63) is 109 Å². The van der Waals surface area contributed by atoms with Crippen molar-refractivity contribution in [3.63, 3.8) is 0 Å². The van der Waals surface area contributed by atoms with E-state index in [9.17, 15) is 0 Å². The molecule has 0 saturated heterocycles. The summed E-state index contributed by atoms with van der Waals surface area (Å²) < 4.78 is 2.33. The molecule has 0 bridgehead atoms. The third-order valence-corrected chi connectivity index (χ3v) is 4.79. The molecule has 0 aliphatic carbocycles. The fourth-order valence-corrected chi connectivity index (χ4v) is 3.58. The maximum atomic E-state index is 3.94. The first-order chi connectivity index (χ1) is 13.7. The monoisotopic (exact) mass is 365 g/mol. The first kappa shape index (κ1) is 19.4. The number of allylic oxidation sites excluding steroid dienone is 4. The molecule has 4 aromatic rings. The van der Waals surface area contributed by atoms with Crippen LogP contribution in [-0.2, 0) is 0 Å². The molecular weight excluding hydrogens is 338 g/mol. The number of benzene rings is 3. The second kappa shape index (κ2) is 8.58. The Balaban J connectivity index is 0.00000109. The minimum Gasteiger partial charge on any atom is -0.309 e. The molecule has 1 heterocycles. The van der Waals surface area contributed by atoms with Crippen molar-refractivity contribution in [2.24, 2.45) is 0 Å². The zero-order valence-electron chi connectivity index (χ0n) is 16.9. The first-order valence-corrected chi connectivity index (χ1v) is 9.78. The standard InChI is InChI=1S/C25H21N.C2H6/c1-4-9-19(5-2)20-13-15-25-23(17-20)22-16-18(3)12-14-24(22)26(25)21-10-7-6-8-11-21;1-2/h4-17H,1-2H2,3H3;1-2H3/b19-9+;. The number of nitrogens with zero attached hydrogens (tertiary/aromatic N) is 1. The maximum absolute atomic E-state index is 3.94. The van der Waals surface area contributed by atoms with Gasteiger partial charge in [0, 0.05) is 16.5 Å². The molecule has 0 amide bonds. The van der Waals surface area contributed by atoms with Gasteiger partial charge in [-0.3, -0.25) is 0 Å². The summed E-state index contributed by atoms with van der Waals surface area (Å²) in [6.45, 7) is 13.9. The van der Waals surface area contributed by atoms with E-state index in [0.717, 1.165) is 11.1 Å². The Kier molecular flexibility index (Phi) is 5.96. The molecule has 28 heavy (non-hydrogen) atoms. The van der Waals surface area contributed by atoms with Crippen LogP contribution in [0.2, 0.25) is 0 Å². The van der Waals surface area contributed by atoms with Crippen LogP contribution in [0.15, 0.2) is 98.1 Å². The molecule has 0 fully saturated rings. The van der Waals surface area contributed by atoms with Gasteiger partial charge in [-0.25, -0.2) is 0 Å². The summed E-state index contributed by atoms with van der Waals surface area (Å²) in [5, 5.41) is 2.52. The van der Waals surface area contributed by atoms with Gasteiger partial charge in [0.05, 0.1) is 11.0 Å². The molecule has 0 atom stereocenters. The van der Waals surface area contributed by atoms with E-state index in [2.05, 4.69) is 91.4 Å². The van der Waals surface area contributed by atoms with Crippen molar-refractivity contribution in [1.29, 1.82) is 0 Å². The number of para-hydroxylation sites is 1. The number of hydrogen-bond donors (Lipinski definition) is 0. The van der Waals surface area contributed by atoms with Crippen LogP contribution in [0.25, 0.3) is 33.1 Å². The van der Waals surface area contributed by atoms with Crippen LogP contribution in [0.1, 0.15) is 25.0 Å². The molecule has 1 nitrogen and oxygen atoms in total. The van der Waals surface area contributed by atoms with E-state index in [1.807, 2.05) is 26.0 Å². The lowest BCUT2D eigenvalue weighted by Crippen LogP contribution is -1.93. The van der Waals surface area contributed by atoms with Crippen LogP contribution in [0, 0.1) is 6.92 Å². The summed E-state index contributed by atoms with van der Waals surface area (Å²) >= 11 is 0. The number of hydrogen-bond acceptors (Lipinski definition) is 0. The van der Waals surface area contributed by atoms with Crippen LogP contribution in [0.5, 0.6) is 0 Å². The Labute approximate surface area is 167 Å². The lowest BCUT2D eigenvalue weighted by molar-refractivity contribution is 1.18. The number of aryl methyl sites for hydroxylation is 1. The molecule has 0 unspecified atom stereocenters. The van der Waals surface area contributed by atoms with Gasteiger partial charge in [-0.15, -0.1) is 0 Å². The van der Waals surface area contributed by atoms with Gasteiger partial charge >= 0.3 is 0 Å². The van der Waals surface area contributed by atoms with Crippen molar-refractivity contribution in [3.8, 4) is 5.69 Å². The van der Waals surface area contributed by atoms with Crippen molar-refractivity contribution < 1.29 is 0 Å². The van der Waals surface area contributed by atoms with E-state index in [1.165, 1.54) is 33.1 Å². The molecular formula is C27H27N. The fourth-order valence-electron chi connectivity index (χ4n) is 3.58. The van der Waals surface area contributed by atoms with E-state index >= 15 is 0 Å². The third kappa shape index (κ3) is 3.44. The van der Waals surface area contributed by atoms with Gasteiger partial charge in [-0.1, -0.05) is 81.1 Å². The second-order valence-corrected chi connectivity index (χ2v) is 6.49. The van der Waals surface area contributed by atoms with E-state index in [0.29, 0.717) is 0 Å². The number of aromatic nitrogens is 1. The molecule has 4 rings (SSSR count). The highest BCUT2D eigenvalue weighted by Crippen LogP contribution is 2.34. The van der Waals surface area contributed by atoms with Crippen LogP contribution >= 0.6 is 0 Å². The predicted octanol–water partition coefficient (Wildman–Crippen LogP) is 7.87. The largest absolute Gasteiger partial charge is 0.309 e. The van der Waals surface area contributed by atoms with Gasteiger partial charge in [0.2, 0.25) is 0 Å². The molecule has 0 aliphatic heterocycles. The first-order valence-electron chi connectivity index (χ1n) is 9.78. The zero-order valence-corrected chi connectivity index (χ0v) is 16.9. The van der Waals surface area contributed by atoms with E-state index in [-0.39, 0.29) is 0 Å². The molecule has 0 N–H and O–H groups in total. The lowest BCUT2D eigenvalue weighted by atomic mass is 10.0. The molecule has 3 aromatic carbocycles. The molecule has 0 radical (unpaired) electrons. The summed E-state index contributed by atoms with van der Waals surface area (Å²) in [5.74, 6) is 0. The average molecular weight is 366 g/mol. The van der Waals surface area contributed by atoms with Gasteiger partial charge in [0.15, 0.2) is 0 Å². The summed E-state index contributed by atoms with van der Waals surface area (Å²) in [7, 11) is 0. The average Bonchev–Trinajstić information content (AvgIpc) is 3.07. The molecule has 0 spiro atoms. The number of rotatable bonds is 4. The van der Waals surface area contributed by atoms with Gasteiger partial charge in [0.1, 0.15) is 0 Å². The maximum Gasteiger partial charge on any atom is 0.0541 e. The second-order valence-electron chi connectivity index (χ2n) is 6.49. The Morgan fingerprint density at radius 3 is 2.11 bits per heavy atom. The minimum absolute atomic E-state index is 1.08. The van der Waals surface area contributed by atoms with Crippen molar-refractivity contribution in [1.82, 2.24) is 4.57 Å². The number of fused-ring (bicyclic) bond motifs is 3. The van der Waals surface area contributed by atoms with Gasteiger partial charge in [0.25, 0.3) is 0 Å². The van der Waals surface area contributed by atoms with E-state index in [1.54, 1.807) is 6.08 Å². The normalized spacial score (nSPS) is 11.2. The molecule has 140 valence electrons. The van der Waals surface area contributed by atoms with Gasteiger partial charge in [-0.2, -0.15) is 0 Å². The van der Waals surface area contributed by atoms with E-state index < -0.39 is 0 Å². The topological polar surface area (TPSA) is 4.93 Å². The highest BCUT2D eigenvalue weighted by Gasteiger charge is 2.13. The van der Waals surface area contributed by atoms with Crippen LogP contribution in [-0.4, -0.2) is 4.57 Å². The van der Waals surface area contributed by atoms with Gasteiger partial charge < -0.3 is 4.57 Å². The predicted molar refractivity (Wildman–Crippen MR) is 125 cm³/mol. The van der Waals surface area contributed by atoms with Crippen molar-refractivity contribution in [2.45, 2.75) is 20.8 Å².